The molecule has 2 bridgehead atoms. The first kappa shape index (κ1) is 30.1. The number of allylic oxidation sites excluding steroid dienone is 1. The lowest BCUT2D eigenvalue weighted by molar-refractivity contribution is -0.198. The van der Waals surface area contributed by atoms with Crippen molar-refractivity contribution in [3.8, 4) is 11.5 Å². The Morgan fingerprint density at radius 2 is 1.64 bits per heavy atom. The van der Waals surface area contributed by atoms with Gasteiger partial charge in [-0.05, 0) is 105 Å². The van der Waals surface area contributed by atoms with Crippen molar-refractivity contribution >= 4 is 11.9 Å². The van der Waals surface area contributed by atoms with Gasteiger partial charge in [-0.25, -0.2) is 0 Å². The first-order chi connectivity index (χ1) is 20.6. The SMILES string of the molecule is CC(C)c1cc2c(cc1O)[C@@]13CCC(=O)C(C)(C)C1[C@@H](Oc1cc4c(cc1C(C)C)C=CC1C(C)(C)CCC[C@]41C)[C@@H]2OC3. The van der Waals surface area contributed by atoms with Crippen LogP contribution in [-0.4, -0.2) is 23.6 Å². The maximum absolute atomic E-state index is 13.6. The molecule has 44 heavy (non-hydrogen) atoms. The Balaban J connectivity index is 1.40. The maximum atomic E-state index is 13.6. The molecule has 4 aliphatic carbocycles. The fraction of sp³-hybridized carbons (Fsp3) is 0.625. The highest BCUT2D eigenvalue weighted by Crippen LogP contribution is 2.64. The second-order valence-corrected chi connectivity index (χ2v) is 17.0. The summed E-state index contributed by atoms with van der Waals surface area (Å²) in [4.78, 5) is 13.6. The van der Waals surface area contributed by atoms with Crippen LogP contribution >= 0.6 is 0 Å². The molecule has 2 aliphatic heterocycles. The minimum atomic E-state index is -0.575. The molecule has 2 saturated carbocycles. The van der Waals surface area contributed by atoms with E-state index in [4.69, 9.17) is 9.47 Å². The van der Waals surface area contributed by atoms with Gasteiger partial charge in [-0.2, -0.15) is 0 Å². The molecular weight excluding hydrogens is 544 g/mol. The van der Waals surface area contributed by atoms with Crippen LogP contribution < -0.4 is 4.74 Å². The molecule has 2 aromatic carbocycles. The van der Waals surface area contributed by atoms with Crippen molar-refractivity contribution in [2.75, 3.05) is 6.61 Å². The zero-order valence-electron chi connectivity index (χ0n) is 28.3. The van der Waals surface area contributed by atoms with E-state index in [-0.39, 0.29) is 46.2 Å². The average molecular weight is 597 g/mol. The lowest BCUT2D eigenvalue weighted by Gasteiger charge is -2.62. The van der Waals surface area contributed by atoms with Gasteiger partial charge in [0.2, 0.25) is 0 Å². The van der Waals surface area contributed by atoms with E-state index in [1.54, 1.807) is 0 Å². The number of phenols is 1. The van der Waals surface area contributed by atoms with E-state index < -0.39 is 5.41 Å². The first-order valence-electron chi connectivity index (χ1n) is 17.2. The highest BCUT2D eigenvalue weighted by Gasteiger charge is 2.66. The predicted octanol–water partition coefficient (Wildman–Crippen LogP) is 9.53. The second kappa shape index (κ2) is 9.71. The van der Waals surface area contributed by atoms with E-state index in [2.05, 4.69) is 92.7 Å². The summed E-state index contributed by atoms with van der Waals surface area (Å²) in [7, 11) is 0. The van der Waals surface area contributed by atoms with Crippen molar-refractivity contribution in [2.24, 2.45) is 22.7 Å². The minimum Gasteiger partial charge on any atom is -0.508 e. The third kappa shape index (κ3) is 4.01. The van der Waals surface area contributed by atoms with Gasteiger partial charge in [0, 0.05) is 23.2 Å². The summed E-state index contributed by atoms with van der Waals surface area (Å²) in [5, 5.41) is 11.2. The average Bonchev–Trinajstić information content (AvgIpc) is 2.94. The minimum absolute atomic E-state index is 0.0547. The Kier molecular flexibility index (Phi) is 6.64. The van der Waals surface area contributed by atoms with E-state index in [0.29, 0.717) is 30.5 Å². The molecule has 2 unspecified atom stereocenters. The first-order valence-corrected chi connectivity index (χ1v) is 17.2. The van der Waals surface area contributed by atoms with Crippen LogP contribution in [0.25, 0.3) is 6.08 Å². The van der Waals surface area contributed by atoms with E-state index >= 15 is 0 Å². The van der Waals surface area contributed by atoms with Crippen molar-refractivity contribution in [3.63, 3.8) is 0 Å². The van der Waals surface area contributed by atoms with Crippen LogP contribution in [0.5, 0.6) is 11.5 Å². The smallest absolute Gasteiger partial charge is 0.138 e. The summed E-state index contributed by atoms with van der Waals surface area (Å²) < 4.78 is 14.2. The number of hydrogen-bond donors (Lipinski definition) is 1. The number of phenolic OH excluding ortho intramolecular Hbond substituents is 1. The molecule has 1 N–H and O–H groups in total. The fourth-order valence-electron chi connectivity index (χ4n) is 10.6. The number of carbonyl (C=O) groups excluding carboxylic acids is 1. The third-order valence-corrected chi connectivity index (χ3v) is 12.9. The van der Waals surface area contributed by atoms with Gasteiger partial charge >= 0.3 is 0 Å². The molecule has 2 heterocycles. The van der Waals surface area contributed by atoms with Crippen molar-refractivity contribution in [2.45, 2.75) is 129 Å². The van der Waals surface area contributed by atoms with Crippen LogP contribution in [-0.2, 0) is 20.4 Å². The van der Waals surface area contributed by atoms with Crippen molar-refractivity contribution in [1.82, 2.24) is 0 Å². The van der Waals surface area contributed by atoms with Gasteiger partial charge in [0.1, 0.15) is 29.5 Å². The van der Waals surface area contributed by atoms with Gasteiger partial charge in [-0.15, -0.1) is 0 Å². The number of ether oxygens (including phenoxy) is 2. The van der Waals surface area contributed by atoms with Gasteiger partial charge in [0.15, 0.2) is 0 Å². The summed E-state index contributed by atoms with van der Waals surface area (Å²) in [5.74, 6) is 2.51. The van der Waals surface area contributed by atoms with E-state index in [0.717, 1.165) is 23.3 Å². The molecule has 236 valence electrons. The van der Waals surface area contributed by atoms with Gasteiger partial charge in [-0.3, -0.25) is 4.79 Å². The molecule has 8 rings (SSSR count). The fourth-order valence-corrected chi connectivity index (χ4v) is 10.6. The van der Waals surface area contributed by atoms with Crippen LogP contribution in [0.4, 0.5) is 0 Å². The normalized spacial score (nSPS) is 34.4. The molecule has 3 fully saturated rings. The zero-order chi connectivity index (χ0) is 31.6. The van der Waals surface area contributed by atoms with Gasteiger partial charge < -0.3 is 14.6 Å². The number of benzene rings is 2. The van der Waals surface area contributed by atoms with E-state index in [1.165, 1.54) is 41.5 Å². The largest absolute Gasteiger partial charge is 0.508 e. The van der Waals surface area contributed by atoms with Crippen LogP contribution in [0.15, 0.2) is 30.3 Å². The highest BCUT2D eigenvalue weighted by atomic mass is 16.5. The number of carbonyl (C=O) groups is 1. The second-order valence-electron chi connectivity index (χ2n) is 17.0. The summed E-state index contributed by atoms with van der Waals surface area (Å²) in [6.07, 6.45) is 9.15. The van der Waals surface area contributed by atoms with Crippen LogP contribution in [0.1, 0.15) is 146 Å². The van der Waals surface area contributed by atoms with Crippen LogP contribution in [0.3, 0.4) is 0 Å². The molecule has 2 aromatic rings. The lowest BCUT2D eigenvalue weighted by atomic mass is 9.46. The van der Waals surface area contributed by atoms with E-state index in [9.17, 15) is 9.90 Å². The summed E-state index contributed by atoms with van der Waals surface area (Å²) >= 11 is 0. The molecular formula is C40H52O4. The number of rotatable bonds is 4. The van der Waals surface area contributed by atoms with Crippen molar-refractivity contribution < 1.29 is 19.4 Å². The van der Waals surface area contributed by atoms with Crippen LogP contribution in [0, 0.1) is 22.7 Å². The molecule has 6 aliphatic rings. The molecule has 0 radical (unpaired) electrons. The maximum Gasteiger partial charge on any atom is 0.138 e. The molecule has 6 atom stereocenters. The quantitative estimate of drug-likeness (QED) is 0.382. The van der Waals surface area contributed by atoms with Gasteiger partial charge in [-0.1, -0.05) is 80.9 Å². The summed E-state index contributed by atoms with van der Waals surface area (Å²) in [6, 6.07) is 8.94. The Morgan fingerprint density at radius 3 is 2.34 bits per heavy atom. The number of Topliss-reactive ketones (excluding diaryl/α,β-unsaturated/α-hetero) is 1. The molecule has 0 aromatic heterocycles. The zero-order valence-corrected chi connectivity index (χ0v) is 28.3. The Morgan fingerprint density at radius 1 is 0.909 bits per heavy atom. The van der Waals surface area contributed by atoms with Crippen LogP contribution in [0.2, 0.25) is 0 Å². The molecule has 1 saturated heterocycles. The van der Waals surface area contributed by atoms with E-state index in [1.807, 2.05) is 6.07 Å². The molecule has 4 heteroatoms. The highest BCUT2D eigenvalue weighted by molar-refractivity contribution is 5.86. The molecule has 1 spiro atoms. The molecule has 0 amide bonds. The van der Waals surface area contributed by atoms with Gasteiger partial charge in [0.25, 0.3) is 0 Å². The predicted molar refractivity (Wildman–Crippen MR) is 177 cm³/mol. The Hall–Kier alpha value is -2.59. The number of fused-ring (bicyclic) bond motifs is 4. The molecule has 4 nitrogen and oxygen atoms in total. The topological polar surface area (TPSA) is 55.8 Å². The number of hydrogen-bond acceptors (Lipinski definition) is 4. The standard InChI is InChI=1S/C40H52O4/c1-22(2)25-18-27-29(19-30(25)41)40-16-13-33(42)38(7,8)36(40)35(34(27)43-21-40)44-31-20-28-24(17-26(31)23(3)4)11-12-32-37(5,6)14-10-15-39(28,32)9/h11-12,17-20,22-23,32,34-36,41H,10,13-16,21H2,1-9H3/t32?,34-,35+,36?,39-,40+/m1/s1. The summed E-state index contributed by atoms with van der Waals surface area (Å²) in [5.41, 5.74) is 6.54. The monoisotopic (exact) mass is 596 g/mol. The van der Waals surface area contributed by atoms with Crippen molar-refractivity contribution in [1.29, 1.82) is 0 Å². The third-order valence-electron chi connectivity index (χ3n) is 12.9. The number of aromatic hydroxyl groups is 1. The number of ketones is 1. The Bertz CT molecular complexity index is 1560. The lowest BCUT2D eigenvalue weighted by Crippen LogP contribution is -2.66. The Labute approximate surface area is 264 Å². The summed E-state index contributed by atoms with van der Waals surface area (Å²) in [6.45, 7) is 20.9. The van der Waals surface area contributed by atoms with Crippen molar-refractivity contribution in [3.05, 3.63) is 63.7 Å². The van der Waals surface area contributed by atoms with Gasteiger partial charge in [0.05, 0.1) is 6.61 Å².